The smallest absolute Gasteiger partial charge is 0.437 e. The maximum absolute atomic E-state index is 11.1. The van der Waals surface area contributed by atoms with E-state index in [9.17, 15) is 4.79 Å². The standard InChI is InChI=1S/C13H13N5O3/c1-20-13(19)21-10-7-9(11(14)16-12(10)15)18-17-8-5-3-2-4-6-8/h2-7H,1H3,(H4,14,15,16). The Kier molecular flexibility index (Phi) is 4.30. The third-order valence-electron chi connectivity index (χ3n) is 2.41. The molecule has 0 aliphatic carbocycles. The van der Waals surface area contributed by atoms with Crippen molar-refractivity contribution in [3.63, 3.8) is 0 Å². The normalized spacial score (nSPS) is 10.5. The van der Waals surface area contributed by atoms with Crippen LogP contribution in [-0.2, 0) is 4.74 Å². The lowest BCUT2D eigenvalue weighted by atomic mass is 10.3. The number of azo groups is 1. The Labute approximate surface area is 120 Å². The largest absolute Gasteiger partial charge is 0.513 e. The van der Waals surface area contributed by atoms with Gasteiger partial charge >= 0.3 is 6.16 Å². The summed E-state index contributed by atoms with van der Waals surface area (Å²) in [6, 6.07) is 10.4. The number of aromatic nitrogens is 1. The highest BCUT2D eigenvalue weighted by Crippen LogP contribution is 2.31. The van der Waals surface area contributed by atoms with E-state index in [1.54, 1.807) is 12.1 Å². The molecule has 8 heteroatoms. The lowest BCUT2D eigenvalue weighted by Crippen LogP contribution is -2.10. The Morgan fingerprint density at radius 3 is 2.52 bits per heavy atom. The molecule has 0 saturated carbocycles. The molecular formula is C13H13N5O3. The van der Waals surface area contributed by atoms with Crippen LogP contribution in [0.25, 0.3) is 0 Å². The van der Waals surface area contributed by atoms with Crippen LogP contribution in [-0.4, -0.2) is 18.2 Å². The zero-order chi connectivity index (χ0) is 15.2. The summed E-state index contributed by atoms with van der Waals surface area (Å²) < 4.78 is 9.21. The molecule has 2 aromatic rings. The van der Waals surface area contributed by atoms with Gasteiger partial charge in [-0.2, -0.15) is 5.11 Å². The molecule has 0 fully saturated rings. The zero-order valence-corrected chi connectivity index (χ0v) is 11.2. The summed E-state index contributed by atoms with van der Waals surface area (Å²) in [6.45, 7) is 0. The van der Waals surface area contributed by atoms with Crippen molar-refractivity contribution in [2.24, 2.45) is 10.2 Å². The first-order valence-electron chi connectivity index (χ1n) is 5.88. The molecule has 4 N–H and O–H groups in total. The van der Waals surface area contributed by atoms with E-state index in [2.05, 4.69) is 19.9 Å². The van der Waals surface area contributed by atoms with E-state index in [0.29, 0.717) is 5.69 Å². The monoisotopic (exact) mass is 287 g/mol. The SMILES string of the molecule is COC(=O)Oc1cc(N=Nc2ccccc2)c(N)nc1N. The van der Waals surface area contributed by atoms with Gasteiger partial charge in [-0.1, -0.05) is 18.2 Å². The molecule has 0 atom stereocenters. The van der Waals surface area contributed by atoms with E-state index in [1.807, 2.05) is 18.2 Å². The number of rotatable bonds is 3. The Hall–Kier alpha value is -3.16. The highest BCUT2D eigenvalue weighted by atomic mass is 16.7. The number of nitrogens with zero attached hydrogens (tertiary/aromatic N) is 3. The number of pyridine rings is 1. The van der Waals surface area contributed by atoms with Gasteiger partial charge in [0, 0.05) is 6.07 Å². The highest BCUT2D eigenvalue weighted by molar-refractivity contribution is 5.71. The molecule has 0 aliphatic heterocycles. The van der Waals surface area contributed by atoms with Crippen LogP contribution in [0.5, 0.6) is 5.75 Å². The van der Waals surface area contributed by atoms with Crippen molar-refractivity contribution in [1.82, 2.24) is 4.98 Å². The number of anilines is 2. The first-order chi connectivity index (χ1) is 10.1. The number of benzene rings is 1. The number of methoxy groups -OCH3 is 1. The third-order valence-corrected chi connectivity index (χ3v) is 2.41. The Morgan fingerprint density at radius 1 is 1.14 bits per heavy atom. The molecule has 0 bridgehead atoms. The van der Waals surface area contributed by atoms with E-state index in [1.165, 1.54) is 13.2 Å². The molecule has 2 rings (SSSR count). The average Bonchev–Trinajstić information content (AvgIpc) is 2.49. The van der Waals surface area contributed by atoms with Gasteiger partial charge in [-0.25, -0.2) is 9.78 Å². The molecule has 8 nitrogen and oxygen atoms in total. The Bertz CT molecular complexity index is 673. The highest BCUT2D eigenvalue weighted by Gasteiger charge is 2.12. The summed E-state index contributed by atoms with van der Waals surface area (Å²) in [6.07, 6.45) is -0.917. The van der Waals surface area contributed by atoms with Crippen LogP contribution in [0.4, 0.5) is 27.8 Å². The average molecular weight is 287 g/mol. The minimum atomic E-state index is -0.917. The molecule has 0 radical (unpaired) electrons. The van der Waals surface area contributed by atoms with Crippen molar-refractivity contribution in [2.45, 2.75) is 0 Å². The fourth-order valence-electron chi connectivity index (χ4n) is 1.41. The summed E-state index contributed by atoms with van der Waals surface area (Å²) in [7, 11) is 1.18. The summed E-state index contributed by atoms with van der Waals surface area (Å²) in [4.78, 5) is 14.9. The molecule has 1 aromatic heterocycles. The van der Waals surface area contributed by atoms with Crippen LogP contribution in [0.3, 0.4) is 0 Å². The van der Waals surface area contributed by atoms with Gasteiger partial charge in [0.1, 0.15) is 5.69 Å². The van der Waals surface area contributed by atoms with Gasteiger partial charge in [0.25, 0.3) is 0 Å². The molecule has 0 aliphatic rings. The molecule has 108 valence electrons. The second kappa shape index (κ2) is 6.33. The summed E-state index contributed by atoms with van der Waals surface area (Å²) in [5, 5.41) is 7.96. The van der Waals surface area contributed by atoms with Crippen molar-refractivity contribution >= 4 is 29.2 Å². The van der Waals surface area contributed by atoms with Gasteiger partial charge < -0.3 is 20.9 Å². The molecule has 21 heavy (non-hydrogen) atoms. The van der Waals surface area contributed by atoms with Gasteiger partial charge in [0.05, 0.1) is 12.8 Å². The first kappa shape index (κ1) is 14.3. The second-order valence-electron chi connectivity index (χ2n) is 3.87. The van der Waals surface area contributed by atoms with Crippen molar-refractivity contribution in [1.29, 1.82) is 0 Å². The van der Waals surface area contributed by atoms with Crippen LogP contribution in [0.15, 0.2) is 46.6 Å². The molecule has 0 saturated heterocycles. The van der Waals surface area contributed by atoms with Gasteiger partial charge in [-0.3, -0.25) is 0 Å². The minimum Gasteiger partial charge on any atom is -0.437 e. The summed E-state index contributed by atoms with van der Waals surface area (Å²) in [5.41, 5.74) is 12.2. The molecular weight excluding hydrogens is 274 g/mol. The van der Waals surface area contributed by atoms with E-state index in [0.717, 1.165) is 0 Å². The van der Waals surface area contributed by atoms with Crippen LogP contribution >= 0.6 is 0 Å². The molecule has 1 heterocycles. The van der Waals surface area contributed by atoms with E-state index in [4.69, 9.17) is 16.2 Å². The Morgan fingerprint density at radius 2 is 1.86 bits per heavy atom. The maximum Gasteiger partial charge on any atom is 0.513 e. The topological polar surface area (TPSA) is 125 Å². The fourth-order valence-corrected chi connectivity index (χ4v) is 1.41. The molecule has 0 unspecified atom stereocenters. The maximum atomic E-state index is 11.1. The van der Waals surface area contributed by atoms with Crippen molar-refractivity contribution in [2.75, 3.05) is 18.6 Å². The van der Waals surface area contributed by atoms with Gasteiger partial charge in [-0.15, -0.1) is 5.11 Å². The van der Waals surface area contributed by atoms with Crippen LogP contribution in [0.1, 0.15) is 0 Å². The predicted molar refractivity (Wildman–Crippen MR) is 76.7 cm³/mol. The van der Waals surface area contributed by atoms with Gasteiger partial charge in [0.2, 0.25) is 0 Å². The van der Waals surface area contributed by atoms with Crippen molar-refractivity contribution in [3.8, 4) is 5.75 Å². The summed E-state index contributed by atoms with van der Waals surface area (Å²) in [5.74, 6) is 0.0269. The number of nitrogen functional groups attached to an aromatic ring is 2. The molecule has 1 aromatic carbocycles. The van der Waals surface area contributed by atoms with Crippen LogP contribution in [0, 0.1) is 0 Å². The van der Waals surface area contributed by atoms with Gasteiger partial charge in [0.15, 0.2) is 17.4 Å². The lowest BCUT2D eigenvalue weighted by molar-refractivity contribution is 0.121. The number of carbonyl (C=O) groups excluding carboxylic acids is 1. The zero-order valence-electron chi connectivity index (χ0n) is 11.2. The van der Waals surface area contributed by atoms with Crippen LogP contribution in [0.2, 0.25) is 0 Å². The van der Waals surface area contributed by atoms with Gasteiger partial charge in [-0.05, 0) is 12.1 Å². The number of carbonyl (C=O) groups is 1. The number of hydrogen-bond acceptors (Lipinski definition) is 8. The Balaban J connectivity index is 2.29. The van der Waals surface area contributed by atoms with Crippen LogP contribution < -0.4 is 16.2 Å². The van der Waals surface area contributed by atoms with E-state index < -0.39 is 6.16 Å². The van der Waals surface area contributed by atoms with Crippen molar-refractivity contribution in [3.05, 3.63) is 36.4 Å². The minimum absolute atomic E-state index is 0.00179. The van der Waals surface area contributed by atoms with Crippen molar-refractivity contribution < 1.29 is 14.3 Å². The third kappa shape index (κ3) is 3.66. The van der Waals surface area contributed by atoms with E-state index >= 15 is 0 Å². The number of hydrogen-bond donors (Lipinski definition) is 2. The molecule has 0 amide bonds. The fraction of sp³-hybridized carbons (Fsp3) is 0.0769. The quantitative estimate of drug-likeness (QED) is 0.660. The molecule has 0 spiro atoms. The predicted octanol–water partition coefficient (Wildman–Crippen LogP) is 2.81. The van der Waals surface area contributed by atoms with E-state index in [-0.39, 0.29) is 23.1 Å². The lowest BCUT2D eigenvalue weighted by Gasteiger charge is -2.07. The number of ether oxygens (including phenoxy) is 2. The second-order valence-corrected chi connectivity index (χ2v) is 3.87. The number of nitrogens with two attached hydrogens (primary N) is 2. The first-order valence-corrected chi connectivity index (χ1v) is 5.88. The summed E-state index contributed by atoms with van der Waals surface area (Å²) >= 11 is 0.